The molecule has 0 bridgehead atoms. The van der Waals surface area contributed by atoms with Crippen LogP contribution < -0.4 is 4.74 Å². The van der Waals surface area contributed by atoms with E-state index in [2.05, 4.69) is 0 Å². The van der Waals surface area contributed by atoms with E-state index < -0.39 is 15.7 Å². The van der Waals surface area contributed by atoms with Gasteiger partial charge in [0.2, 0.25) is 9.84 Å². The maximum Gasteiger partial charge on any atom is 0.206 e. The summed E-state index contributed by atoms with van der Waals surface area (Å²) in [6, 6.07) is 16.4. The molecule has 3 nitrogen and oxygen atoms in total. The maximum absolute atomic E-state index is 13.0. The highest BCUT2D eigenvalue weighted by atomic mass is 35.5. The quantitative estimate of drug-likeness (QED) is 0.602. The Morgan fingerprint density at radius 2 is 1.44 bits per heavy atom. The van der Waals surface area contributed by atoms with Gasteiger partial charge in [-0.25, -0.2) is 12.8 Å². The number of ether oxygens (including phenoxy) is 1. The maximum atomic E-state index is 13.0. The van der Waals surface area contributed by atoms with E-state index in [1.807, 2.05) is 0 Å². The van der Waals surface area contributed by atoms with E-state index in [9.17, 15) is 12.8 Å². The normalized spacial score (nSPS) is 11.3. The Morgan fingerprint density at radius 1 is 0.880 bits per heavy atom. The van der Waals surface area contributed by atoms with Crippen molar-refractivity contribution in [2.24, 2.45) is 0 Å². The van der Waals surface area contributed by atoms with E-state index in [0.29, 0.717) is 10.8 Å². The van der Waals surface area contributed by atoms with Crippen LogP contribution in [0, 0.1) is 5.82 Å². The molecule has 0 atom stereocenters. The molecule has 0 heterocycles. The van der Waals surface area contributed by atoms with Gasteiger partial charge in [0.05, 0.1) is 16.9 Å². The standard InChI is InChI=1S/C19H14ClFO3S/c1-24-19-11-4-14(20)12-18(19)13-2-7-16(8-3-13)25(22,23)17-9-5-15(21)6-10-17/h2-12H,1H3. The molecule has 128 valence electrons. The van der Waals surface area contributed by atoms with Crippen molar-refractivity contribution in [1.29, 1.82) is 0 Å². The summed E-state index contributed by atoms with van der Waals surface area (Å²) < 4.78 is 43.5. The number of benzene rings is 3. The summed E-state index contributed by atoms with van der Waals surface area (Å²) in [6.45, 7) is 0. The predicted octanol–water partition coefficient (Wildman–Crippen LogP) is 4.99. The van der Waals surface area contributed by atoms with Crippen LogP contribution in [0.1, 0.15) is 0 Å². The Hall–Kier alpha value is -2.37. The minimum Gasteiger partial charge on any atom is -0.496 e. The first-order chi connectivity index (χ1) is 11.9. The first-order valence-electron chi connectivity index (χ1n) is 7.36. The molecule has 3 rings (SSSR count). The molecule has 0 saturated carbocycles. The molecule has 0 amide bonds. The van der Waals surface area contributed by atoms with Gasteiger partial charge in [-0.3, -0.25) is 0 Å². The highest BCUT2D eigenvalue weighted by Gasteiger charge is 2.18. The molecule has 0 unspecified atom stereocenters. The van der Waals surface area contributed by atoms with Crippen molar-refractivity contribution in [2.75, 3.05) is 7.11 Å². The molecule has 0 aliphatic rings. The fourth-order valence-corrected chi connectivity index (χ4v) is 3.90. The van der Waals surface area contributed by atoms with Crippen LogP contribution in [0.4, 0.5) is 4.39 Å². The molecule has 0 fully saturated rings. The van der Waals surface area contributed by atoms with Gasteiger partial charge in [-0.1, -0.05) is 23.7 Å². The molecule has 3 aromatic carbocycles. The summed E-state index contributed by atoms with van der Waals surface area (Å²) in [5.41, 5.74) is 1.54. The summed E-state index contributed by atoms with van der Waals surface area (Å²) in [7, 11) is -2.15. The van der Waals surface area contributed by atoms with Gasteiger partial charge in [0.25, 0.3) is 0 Å². The molecule has 3 aromatic rings. The van der Waals surface area contributed by atoms with Crippen molar-refractivity contribution in [3.05, 3.63) is 77.6 Å². The number of hydrogen-bond donors (Lipinski definition) is 0. The van der Waals surface area contributed by atoms with Crippen molar-refractivity contribution < 1.29 is 17.5 Å². The van der Waals surface area contributed by atoms with Gasteiger partial charge in [0.1, 0.15) is 11.6 Å². The second-order valence-electron chi connectivity index (χ2n) is 5.33. The minimum atomic E-state index is -3.70. The van der Waals surface area contributed by atoms with Gasteiger partial charge >= 0.3 is 0 Å². The van der Waals surface area contributed by atoms with Gasteiger partial charge in [0.15, 0.2) is 0 Å². The molecular weight excluding hydrogens is 363 g/mol. The molecule has 6 heteroatoms. The van der Waals surface area contributed by atoms with E-state index in [4.69, 9.17) is 16.3 Å². The smallest absolute Gasteiger partial charge is 0.206 e. The van der Waals surface area contributed by atoms with Crippen LogP contribution in [0.15, 0.2) is 76.5 Å². The highest BCUT2D eigenvalue weighted by Crippen LogP contribution is 2.33. The van der Waals surface area contributed by atoms with E-state index >= 15 is 0 Å². The third-order valence-electron chi connectivity index (χ3n) is 3.76. The summed E-state index contributed by atoms with van der Waals surface area (Å²) in [4.78, 5) is 0.172. The Kier molecular flexibility index (Phi) is 4.79. The van der Waals surface area contributed by atoms with Gasteiger partial charge < -0.3 is 4.74 Å². The third-order valence-corrected chi connectivity index (χ3v) is 5.78. The van der Waals surface area contributed by atoms with E-state index in [1.54, 1.807) is 37.4 Å². The SMILES string of the molecule is COc1ccc(Cl)cc1-c1ccc(S(=O)(=O)c2ccc(F)cc2)cc1. The summed E-state index contributed by atoms with van der Waals surface area (Å²) >= 11 is 6.04. The van der Waals surface area contributed by atoms with Crippen molar-refractivity contribution >= 4 is 21.4 Å². The van der Waals surface area contributed by atoms with Gasteiger partial charge in [-0.15, -0.1) is 0 Å². The van der Waals surface area contributed by atoms with Crippen molar-refractivity contribution in [3.63, 3.8) is 0 Å². The van der Waals surface area contributed by atoms with Crippen LogP contribution in [0.3, 0.4) is 0 Å². The lowest BCUT2D eigenvalue weighted by atomic mass is 10.0. The molecule has 0 N–H and O–H groups in total. The van der Waals surface area contributed by atoms with Crippen LogP contribution in [0.5, 0.6) is 5.75 Å². The number of rotatable bonds is 4. The summed E-state index contributed by atoms with van der Waals surface area (Å²) in [5.74, 6) is 0.154. The van der Waals surface area contributed by atoms with Gasteiger partial charge in [-0.05, 0) is 60.2 Å². The van der Waals surface area contributed by atoms with Crippen LogP contribution in [0.25, 0.3) is 11.1 Å². The molecule has 0 radical (unpaired) electrons. The Morgan fingerprint density at radius 3 is 2.00 bits per heavy atom. The Balaban J connectivity index is 2.00. The van der Waals surface area contributed by atoms with Crippen molar-refractivity contribution in [2.45, 2.75) is 9.79 Å². The monoisotopic (exact) mass is 376 g/mol. The van der Waals surface area contributed by atoms with Crippen LogP contribution >= 0.6 is 11.6 Å². The Bertz CT molecular complexity index is 998. The first-order valence-corrected chi connectivity index (χ1v) is 9.22. The fraction of sp³-hybridized carbons (Fsp3) is 0.0526. The lowest BCUT2D eigenvalue weighted by Crippen LogP contribution is -2.02. The van der Waals surface area contributed by atoms with E-state index in [1.165, 1.54) is 24.3 Å². The second-order valence-corrected chi connectivity index (χ2v) is 7.71. The van der Waals surface area contributed by atoms with Gasteiger partial charge in [0, 0.05) is 10.6 Å². The summed E-state index contributed by atoms with van der Waals surface area (Å²) in [6.07, 6.45) is 0. The molecule has 25 heavy (non-hydrogen) atoms. The first kappa shape index (κ1) is 17.5. The zero-order valence-corrected chi connectivity index (χ0v) is 14.8. The average Bonchev–Trinajstić information content (AvgIpc) is 2.62. The van der Waals surface area contributed by atoms with Crippen LogP contribution in [-0.2, 0) is 9.84 Å². The summed E-state index contributed by atoms with van der Waals surface area (Å²) in [5, 5.41) is 0.554. The second kappa shape index (κ2) is 6.86. The largest absolute Gasteiger partial charge is 0.496 e. The van der Waals surface area contributed by atoms with Gasteiger partial charge in [-0.2, -0.15) is 0 Å². The minimum absolute atomic E-state index is 0.0435. The highest BCUT2D eigenvalue weighted by molar-refractivity contribution is 7.91. The fourth-order valence-electron chi connectivity index (χ4n) is 2.47. The number of sulfone groups is 1. The van der Waals surface area contributed by atoms with Crippen LogP contribution in [0.2, 0.25) is 5.02 Å². The van der Waals surface area contributed by atoms with Crippen molar-refractivity contribution in [1.82, 2.24) is 0 Å². The van der Waals surface area contributed by atoms with E-state index in [-0.39, 0.29) is 9.79 Å². The Labute approximate surface area is 150 Å². The van der Waals surface area contributed by atoms with E-state index in [0.717, 1.165) is 23.3 Å². The van der Waals surface area contributed by atoms with Crippen molar-refractivity contribution in [3.8, 4) is 16.9 Å². The number of hydrogen-bond acceptors (Lipinski definition) is 3. The molecule has 0 aliphatic carbocycles. The zero-order valence-electron chi connectivity index (χ0n) is 13.2. The zero-order chi connectivity index (χ0) is 18.0. The molecule has 0 aromatic heterocycles. The van der Waals surface area contributed by atoms with Crippen LogP contribution in [-0.4, -0.2) is 15.5 Å². The number of methoxy groups -OCH3 is 1. The third kappa shape index (κ3) is 3.52. The lowest BCUT2D eigenvalue weighted by molar-refractivity contribution is 0.416. The topological polar surface area (TPSA) is 43.4 Å². The predicted molar refractivity (Wildman–Crippen MR) is 95.3 cm³/mol. The average molecular weight is 377 g/mol. The lowest BCUT2D eigenvalue weighted by Gasteiger charge is -2.10. The molecule has 0 spiro atoms. The molecule has 0 saturated heterocycles. The molecular formula is C19H14ClFO3S. The number of halogens is 2. The molecule has 0 aliphatic heterocycles.